The molecule has 0 saturated carbocycles. The van der Waals surface area contributed by atoms with Crippen molar-refractivity contribution in [1.29, 1.82) is 0 Å². The first-order chi connectivity index (χ1) is 14.3. The molecule has 0 radical (unpaired) electrons. The van der Waals surface area contributed by atoms with E-state index in [0.717, 1.165) is 15.6 Å². The molecule has 1 N–H and O–H groups in total. The zero-order valence-electron chi connectivity index (χ0n) is 18.4. The Morgan fingerprint density at radius 1 is 1.13 bits per heavy atom. The van der Waals surface area contributed by atoms with Gasteiger partial charge in [-0.15, -0.1) is 0 Å². The lowest BCUT2D eigenvalue weighted by Crippen LogP contribution is -2.49. The van der Waals surface area contributed by atoms with Gasteiger partial charge in [0.1, 0.15) is 11.8 Å². The van der Waals surface area contributed by atoms with E-state index in [4.69, 9.17) is 4.74 Å². The highest BCUT2D eigenvalue weighted by molar-refractivity contribution is 9.10. The summed E-state index contributed by atoms with van der Waals surface area (Å²) in [6.45, 7) is 8.37. The maximum Gasteiger partial charge on any atom is 0.261 e. The van der Waals surface area contributed by atoms with E-state index in [2.05, 4.69) is 35.1 Å². The number of hydrogen-bond donors (Lipinski definition) is 1. The van der Waals surface area contributed by atoms with Crippen LogP contribution in [-0.2, 0) is 16.1 Å². The Labute approximate surface area is 187 Å². The van der Waals surface area contributed by atoms with Gasteiger partial charge in [-0.25, -0.2) is 0 Å². The number of carbonyl (C=O) groups excluding carboxylic acids is 2. The van der Waals surface area contributed by atoms with Gasteiger partial charge in [0.15, 0.2) is 6.61 Å². The quantitative estimate of drug-likeness (QED) is 0.566. The Balaban J connectivity index is 2.19. The van der Waals surface area contributed by atoms with Crippen LogP contribution in [0.15, 0.2) is 46.9 Å². The van der Waals surface area contributed by atoms with Gasteiger partial charge in [-0.1, -0.05) is 56.7 Å². The van der Waals surface area contributed by atoms with Crippen molar-refractivity contribution in [3.63, 3.8) is 0 Å². The highest BCUT2D eigenvalue weighted by atomic mass is 79.9. The third kappa shape index (κ3) is 6.33. The van der Waals surface area contributed by atoms with Crippen LogP contribution in [0.25, 0.3) is 0 Å². The smallest absolute Gasteiger partial charge is 0.261 e. The maximum absolute atomic E-state index is 13.1. The molecule has 0 aliphatic rings. The summed E-state index contributed by atoms with van der Waals surface area (Å²) in [7, 11) is 1.59. The van der Waals surface area contributed by atoms with Crippen LogP contribution in [0.4, 0.5) is 0 Å². The molecule has 6 heteroatoms. The van der Waals surface area contributed by atoms with Gasteiger partial charge < -0.3 is 15.0 Å². The van der Waals surface area contributed by atoms with Crippen molar-refractivity contribution < 1.29 is 14.3 Å². The zero-order chi connectivity index (χ0) is 22.3. The number of likely N-dealkylation sites (N-methyl/N-ethyl adjacent to an activating group) is 1. The van der Waals surface area contributed by atoms with Crippen LogP contribution in [0.1, 0.15) is 49.8 Å². The average molecular weight is 475 g/mol. The number of benzene rings is 2. The third-order valence-electron chi connectivity index (χ3n) is 5.08. The Kier molecular flexibility index (Phi) is 8.90. The van der Waals surface area contributed by atoms with Gasteiger partial charge in [-0.05, 0) is 58.5 Å². The molecule has 0 saturated heterocycles. The van der Waals surface area contributed by atoms with Crippen molar-refractivity contribution in [2.45, 2.75) is 52.6 Å². The number of amides is 2. The molecule has 0 aliphatic heterocycles. The van der Waals surface area contributed by atoms with E-state index in [1.807, 2.05) is 56.3 Å². The largest absolute Gasteiger partial charge is 0.483 e. The lowest BCUT2D eigenvalue weighted by atomic mass is 10.0. The number of hydrogen-bond acceptors (Lipinski definition) is 3. The van der Waals surface area contributed by atoms with Gasteiger partial charge in [0.25, 0.3) is 5.91 Å². The van der Waals surface area contributed by atoms with Crippen molar-refractivity contribution in [2.24, 2.45) is 0 Å². The summed E-state index contributed by atoms with van der Waals surface area (Å²) in [5.41, 5.74) is 3.30. The topological polar surface area (TPSA) is 58.6 Å². The third-order valence-corrected chi connectivity index (χ3v) is 5.70. The standard InChI is InChI=1S/C24H31BrN2O3/c1-6-21(24(29)26-5)27(14-18-9-7-17(4)8-10-18)23(28)15-30-22-12-11-19(16(2)3)13-20(22)25/h7-13,16,21H,6,14-15H2,1-5H3,(H,26,29)/t21-/m0/s1. The van der Waals surface area contributed by atoms with E-state index in [9.17, 15) is 9.59 Å². The molecule has 1 atom stereocenters. The molecule has 2 amide bonds. The van der Waals surface area contributed by atoms with Crippen molar-refractivity contribution in [1.82, 2.24) is 10.2 Å². The number of nitrogens with one attached hydrogen (secondary N) is 1. The van der Waals surface area contributed by atoms with Crippen LogP contribution < -0.4 is 10.1 Å². The van der Waals surface area contributed by atoms with Crippen molar-refractivity contribution in [2.75, 3.05) is 13.7 Å². The molecule has 30 heavy (non-hydrogen) atoms. The summed E-state index contributed by atoms with van der Waals surface area (Å²) < 4.78 is 6.62. The Morgan fingerprint density at radius 3 is 2.33 bits per heavy atom. The van der Waals surface area contributed by atoms with Crippen LogP contribution >= 0.6 is 15.9 Å². The summed E-state index contributed by atoms with van der Waals surface area (Å²) in [6.07, 6.45) is 0.518. The van der Waals surface area contributed by atoms with Gasteiger partial charge in [0.2, 0.25) is 5.91 Å². The highest BCUT2D eigenvalue weighted by Gasteiger charge is 2.28. The normalized spacial score (nSPS) is 11.8. The molecule has 0 aliphatic carbocycles. The summed E-state index contributed by atoms with van der Waals surface area (Å²) in [6, 6.07) is 13.3. The molecule has 0 unspecified atom stereocenters. The molecule has 0 aromatic heterocycles. The average Bonchev–Trinajstić information content (AvgIpc) is 2.73. The summed E-state index contributed by atoms with van der Waals surface area (Å²) in [4.78, 5) is 27.1. The van der Waals surface area contributed by atoms with E-state index < -0.39 is 6.04 Å². The van der Waals surface area contributed by atoms with Crippen molar-refractivity contribution in [3.8, 4) is 5.75 Å². The van der Waals surface area contributed by atoms with Gasteiger partial charge in [0, 0.05) is 13.6 Å². The molecule has 0 spiro atoms. The first kappa shape index (κ1) is 23.9. The molecular weight excluding hydrogens is 444 g/mol. The van der Waals surface area contributed by atoms with Gasteiger partial charge in [-0.3, -0.25) is 9.59 Å². The Hall–Kier alpha value is -2.34. The van der Waals surface area contributed by atoms with Gasteiger partial charge in [0.05, 0.1) is 4.47 Å². The molecule has 162 valence electrons. The SMILES string of the molecule is CC[C@@H](C(=O)NC)N(Cc1ccc(C)cc1)C(=O)COc1ccc(C(C)C)cc1Br. The van der Waals surface area contributed by atoms with Crippen LogP contribution in [-0.4, -0.2) is 36.4 Å². The molecular formula is C24H31BrN2O3. The van der Waals surface area contributed by atoms with Crippen LogP contribution in [0, 0.1) is 6.92 Å². The first-order valence-corrected chi connectivity index (χ1v) is 11.0. The van der Waals surface area contributed by atoms with E-state index in [1.165, 1.54) is 5.56 Å². The lowest BCUT2D eigenvalue weighted by Gasteiger charge is -2.30. The Morgan fingerprint density at radius 2 is 1.80 bits per heavy atom. The fraction of sp³-hybridized carbons (Fsp3) is 0.417. The number of rotatable bonds is 9. The second-order valence-corrected chi connectivity index (χ2v) is 8.53. The zero-order valence-corrected chi connectivity index (χ0v) is 20.0. The fourth-order valence-corrected chi connectivity index (χ4v) is 3.70. The summed E-state index contributed by atoms with van der Waals surface area (Å²) in [5, 5.41) is 2.66. The maximum atomic E-state index is 13.1. The van der Waals surface area contributed by atoms with Gasteiger partial charge >= 0.3 is 0 Å². The molecule has 2 aromatic rings. The second kappa shape index (κ2) is 11.2. The highest BCUT2D eigenvalue weighted by Crippen LogP contribution is 2.29. The fourth-order valence-electron chi connectivity index (χ4n) is 3.19. The molecule has 2 rings (SSSR count). The van der Waals surface area contributed by atoms with E-state index >= 15 is 0 Å². The van der Waals surface area contributed by atoms with E-state index in [0.29, 0.717) is 24.6 Å². The van der Waals surface area contributed by atoms with E-state index in [-0.39, 0.29) is 18.4 Å². The minimum atomic E-state index is -0.556. The molecule has 0 heterocycles. The van der Waals surface area contributed by atoms with E-state index in [1.54, 1.807) is 11.9 Å². The Bertz CT molecular complexity index is 865. The summed E-state index contributed by atoms with van der Waals surface area (Å²) in [5.74, 6) is 0.599. The predicted octanol–water partition coefficient (Wildman–Crippen LogP) is 4.81. The molecule has 0 bridgehead atoms. The molecule has 5 nitrogen and oxygen atoms in total. The second-order valence-electron chi connectivity index (χ2n) is 7.68. The minimum absolute atomic E-state index is 0.140. The number of ether oxygens (including phenoxy) is 1. The lowest BCUT2D eigenvalue weighted by molar-refractivity contribution is -0.142. The number of nitrogens with zero attached hydrogens (tertiary/aromatic N) is 1. The number of carbonyl (C=O) groups is 2. The number of aryl methyl sites for hydroxylation is 1. The monoisotopic (exact) mass is 474 g/mol. The van der Waals surface area contributed by atoms with Crippen LogP contribution in [0.2, 0.25) is 0 Å². The summed E-state index contributed by atoms with van der Waals surface area (Å²) >= 11 is 3.53. The van der Waals surface area contributed by atoms with Crippen molar-refractivity contribution >= 4 is 27.7 Å². The molecule has 0 fully saturated rings. The number of halogens is 1. The van der Waals surface area contributed by atoms with Crippen LogP contribution in [0.5, 0.6) is 5.75 Å². The van der Waals surface area contributed by atoms with Crippen LogP contribution in [0.3, 0.4) is 0 Å². The minimum Gasteiger partial charge on any atom is -0.483 e. The predicted molar refractivity (Wildman–Crippen MR) is 124 cm³/mol. The molecule has 2 aromatic carbocycles. The first-order valence-electron chi connectivity index (χ1n) is 10.3. The van der Waals surface area contributed by atoms with Crippen molar-refractivity contribution in [3.05, 3.63) is 63.6 Å². The van der Waals surface area contributed by atoms with Gasteiger partial charge in [-0.2, -0.15) is 0 Å².